The number of likely N-dealkylation sites (N-methyl/N-ethyl adjacent to an activating group) is 1. The van der Waals surface area contributed by atoms with Crippen LogP contribution in [0.1, 0.15) is 49.3 Å². The molecule has 1 heterocycles. The molecule has 39 heavy (non-hydrogen) atoms. The number of halogens is 2. The number of aliphatic imine (C=N–C) groups is 1. The van der Waals surface area contributed by atoms with Crippen molar-refractivity contribution < 1.29 is 31.2 Å². The molecule has 0 aromatic heterocycles. The molecule has 9 heteroatoms. The molecule has 0 radical (unpaired) electrons. The Morgan fingerprint density at radius 1 is 1.05 bits per heavy atom. The van der Waals surface area contributed by atoms with Crippen LogP contribution in [0.15, 0.2) is 77.8 Å². The Hall–Kier alpha value is -2.70. The van der Waals surface area contributed by atoms with Crippen molar-refractivity contribution in [3.63, 3.8) is 0 Å². The van der Waals surface area contributed by atoms with Crippen LogP contribution in [0.2, 0.25) is 10.0 Å². The molecule has 0 spiro atoms. The van der Waals surface area contributed by atoms with Gasteiger partial charge >= 0.3 is 5.97 Å². The van der Waals surface area contributed by atoms with Crippen LogP contribution in [0, 0.1) is 0 Å². The number of carboxylic acids is 1. The van der Waals surface area contributed by atoms with Gasteiger partial charge < -0.3 is 15.2 Å². The minimum absolute atomic E-state index is 0. The largest absolute Gasteiger partial charge is 0.625 e. The van der Waals surface area contributed by atoms with E-state index in [1.165, 1.54) is 0 Å². The molecule has 3 aromatic carbocycles. The Morgan fingerprint density at radius 2 is 1.72 bits per heavy atom. The number of rotatable bonds is 9. The van der Waals surface area contributed by atoms with E-state index in [-0.39, 0.29) is 28.9 Å². The van der Waals surface area contributed by atoms with E-state index in [0.29, 0.717) is 32.6 Å². The van der Waals surface area contributed by atoms with Gasteiger partial charge in [-0.25, -0.2) is 0 Å². The monoisotopic (exact) mass is 608 g/mol. The zero-order valence-corrected chi connectivity index (χ0v) is 24.2. The molecular weight excluding hydrogens is 580 g/mol. The van der Waals surface area contributed by atoms with Crippen molar-refractivity contribution in [1.29, 1.82) is 0 Å². The molecule has 1 aliphatic heterocycles. The summed E-state index contributed by atoms with van der Waals surface area (Å²) in [6.45, 7) is 5.59. The van der Waals surface area contributed by atoms with E-state index in [1.54, 1.807) is 42.5 Å². The SMILES string of the molecule is CCN1CCC[C@]1(C)C(=O)[N-]c1ccc(Cl)cc1C(=NC[C@@H](C(=O)O)c1ccc(Cl)cc1)c1ccccc1.[Ni]. The van der Waals surface area contributed by atoms with Gasteiger partial charge in [-0.3, -0.25) is 14.7 Å². The molecule has 6 nitrogen and oxygen atoms in total. The number of carbonyl (C=O) groups is 2. The molecule has 0 saturated carbocycles. The van der Waals surface area contributed by atoms with Gasteiger partial charge in [-0.15, -0.1) is 5.69 Å². The molecule has 0 bridgehead atoms. The van der Waals surface area contributed by atoms with Crippen LogP contribution in [0.25, 0.3) is 5.32 Å². The molecule has 2 atom stereocenters. The molecule has 1 N–H and O–H groups in total. The minimum atomic E-state index is -0.997. The summed E-state index contributed by atoms with van der Waals surface area (Å²) in [4.78, 5) is 32.6. The van der Waals surface area contributed by atoms with E-state index in [1.807, 2.05) is 44.2 Å². The van der Waals surface area contributed by atoms with Crippen molar-refractivity contribution in [2.24, 2.45) is 4.99 Å². The van der Waals surface area contributed by atoms with Crippen LogP contribution in [0.3, 0.4) is 0 Å². The Labute approximate surface area is 249 Å². The Balaban J connectivity index is 0.00000420. The third kappa shape index (κ3) is 7.09. The van der Waals surface area contributed by atoms with Gasteiger partial charge in [0.15, 0.2) is 0 Å². The predicted octanol–water partition coefficient (Wildman–Crippen LogP) is 7.10. The van der Waals surface area contributed by atoms with Gasteiger partial charge in [0.1, 0.15) is 5.92 Å². The summed E-state index contributed by atoms with van der Waals surface area (Å²) in [6, 6.07) is 21.3. The first-order chi connectivity index (χ1) is 18.2. The zero-order valence-electron chi connectivity index (χ0n) is 21.7. The molecular formula is C30H30Cl2N3NiO3-. The quantitative estimate of drug-likeness (QED) is 0.207. The Morgan fingerprint density at radius 3 is 2.36 bits per heavy atom. The molecule has 208 valence electrons. The van der Waals surface area contributed by atoms with Crippen molar-refractivity contribution in [2.45, 2.75) is 38.1 Å². The number of hydrogen-bond donors (Lipinski definition) is 1. The maximum Gasteiger partial charge on any atom is 0.312 e. The van der Waals surface area contributed by atoms with Gasteiger partial charge in [0, 0.05) is 32.1 Å². The standard InChI is InChI=1S/C30H31Cl2N3O3.Ni/c1-3-35-17-7-16-30(35,2)29(38)34-26-15-14-23(32)18-24(26)27(21-8-5-4-6-9-21)33-19-25(28(36)37)20-10-12-22(31)13-11-20;/h4-6,8-15,18,25H,3,7,16-17,19H2,1-2H3,(H2,33,34,36,37,38);/p-1/t25-,30-;/m1./s1. The molecule has 0 unspecified atom stereocenters. The van der Waals surface area contributed by atoms with Gasteiger partial charge in [-0.2, -0.15) is 0 Å². The molecule has 1 fully saturated rings. The first-order valence-corrected chi connectivity index (χ1v) is 13.4. The number of aliphatic carboxylic acids is 1. The van der Waals surface area contributed by atoms with Crippen molar-refractivity contribution in [3.05, 3.63) is 105 Å². The number of hydrogen-bond acceptors (Lipinski definition) is 4. The van der Waals surface area contributed by atoms with Gasteiger partial charge in [0.2, 0.25) is 0 Å². The maximum absolute atomic E-state index is 13.5. The number of carbonyl (C=O) groups excluding carboxylic acids is 1. The fourth-order valence-electron chi connectivity index (χ4n) is 4.93. The normalized spacial score (nSPS) is 18.3. The van der Waals surface area contributed by atoms with Crippen LogP contribution < -0.4 is 0 Å². The average molecular weight is 610 g/mol. The van der Waals surface area contributed by atoms with E-state index in [9.17, 15) is 14.7 Å². The summed E-state index contributed by atoms with van der Waals surface area (Å²) < 4.78 is 0. The van der Waals surface area contributed by atoms with Crippen molar-refractivity contribution in [3.8, 4) is 0 Å². The van der Waals surface area contributed by atoms with Crippen molar-refractivity contribution in [2.75, 3.05) is 19.6 Å². The van der Waals surface area contributed by atoms with Crippen LogP contribution in [0.4, 0.5) is 5.69 Å². The molecule has 0 aliphatic carbocycles. The van der Waals surface area contributed by atoms with Gasteiger partial charge in [-0.1, -0.05) is 78.7 Å². The third-order valence-corrected chi connectivity index (χ3v) is 7.60. The summed E-state index contributed by atoms with van der Waals surface area (Å²) >= 11 is 12.4. The molecule has 4 rings (SSSR count). The fourth-order valence-corrected chi connectivity index (χ4v) is 5.22. The van der Waals surface area contributed by atoms with Crippen LogP contribution in [0.5, 0.6) is 0 Å². The second-order valence-corrected chi connectivity index (χ2v) is 10.4. The van der Waals surface area contributed by atoms with E-state index >= 15 is 0 Å². The molecule has 3 aromatic rings. The summed E-state index contributed by atoms with van der Waals surface area (Å²) in [7, 11) is 0. The molecule has 1 amide bonds. The summed E-state index contributed by atoms with van der Waals surface area (Å²) in [5, 5.41) is 15.5. The first kappa shape index (κ1) is 30.8. The minimum Gasteiger partial charge on any atom is -0.625 e. The number of carboxylic acid groups (broad SMARTS) is 1. The zero-order chi connectivity index (χ0) is 27.3. The van der Waals surface area contributed by atoms with Crippen LogP contribution in [-0.2, 0) is 26.1 Å². The topological polar surface area (TPSA) is 84.1 Å². The number of nitrogens with zero attached hydrogens (tertiary/aromatic N) is 3. The number of amides is 1. The van der Waals surface area contributed by atoms with Crippen LogP contribution >= 0.6 is 23.2 Å². The maximum atomic E-state index is 13.5. The van der Waals surface area contributed by atoms with Gasteiger partial charge in [-0.05, 0) is 68.2 Å². The summed E-state index contributed by atoms with van der Waals surface area (Å²) in [5.41, 5.74) is 2.23. The van der Waals surface area contributed by atoms with E-state index < -0.39 is 17.4 Å². The van der Waals surface area contributed by atoms with Crippen LogP contribution in [-0.4, -0.2) is 52.8 Å². The second kappa shape index (κ2) is 13.6. The first-order valence-electron chi connectivity index (χ1n) is 12.6. The summed E-state index contributed by atoms with van der Waals surface area (Å²) in [6.07, 6.45) is 1.68. The third-order valence-electron chi connectivity index (χ3n) is 7.12. The molecule has 1 saturated heterocycles. The number of benzene rings is 3. The number of likely N-dealkylation sites (tertiary alicyclic amines) is 1. The fraction of sp³-hybridized carbons (Fsp3) is 0.300. The Kier molecular flexibility index (Phi) is 10.7. The summed E-state index contributed by atoms with van der Waals surface area (Å²) in [5.74, 6) is -2.09. The average Bonchev–Trinajstić information content (AvgIpc) is 3.30. The van der Waals surface area contributed by atoms with Crippen molar-refractivity contribution >= 4 is 46.5 Å². The van der Waals surface area contributed by atoms with E-state index in [0.717, 1.165) is 31.5 Å². The van der Waals surface area contributed by atoms with Gasteiger partial charge in [0.05, 0.1) is 23.7 Å². The molecule has 1 aliphatic rings. The van der Waals surface area contributed by atoms with E-state index in [4.69, 9.17) is 28.2 Å². The predicted molar refractivity (Wildman–Crippen MR) is 153 cm³/mol. The smallest absolute Gasteiger partial charge is 0.312 e. The Bertz CT molecular complexity index is 1340. The van der Waals surface area contributed by atoms with Crippen molar-refractivity contribution in [1.82, 2.24) is 4.90 Å². The second-order valence-electron chi connectivity index (χ2n) is 9.53. The van der Waals surface area contributed by atoms with E-state index in [2.05, 4.69) is 10.2 Å². The van der Waals surface area contributed by atoms with Gasteiger partial charge in [0.25, 0.3) is 0 Å².